The van der Waals surface area contributed by atoms with Gasteiger partial charge in [-0.05, 0) is 24.7 Å². The van der Waals surface area contributed by atoms with E-state index in [1.165, 1.54) is 32.1 Å². The molecule has 1 rings (SSSR count). The van der Waals surface area contributed by atoms with Gasteiger partial charge in [-0.15, -0.1) is 0 Å². The first kappa shape index (κ1) is 12.0. The van der Waals surface area contributed by atoms with Crippen LogP contribution in [0.5, 0.6) is 0 Å². The van der Waals surface area contributed by atoms with Crippen LogP contribution >= 0.6 is 0 Å². The minimum absolute atomic E-state index is 0.421. The van der Waals surface area contributed by atoms with Gasteiger partial charge in [0, 0.05) is 6.54 Å². The van der Waals surface area contributed by atoms with Crippen molar-refractivity contribution in [2.45, 2.75) is 58.0 Å². The fraction of sp³-hybridized carbons (Fsp3) is 1.00. The van der Waals surface area contributed by atoms with Crippen LogP contribution in [0, 0.1) is 11.8 Å². The zero-order valence-corrected chi connectivity index (χ0v) is 9.63. The molecular formula is C12H25NO. The summed E-state index contributed by atoms with van der Waals surface area (Å²) in [6.07, 6.45) is 7.03. The second-order valence-corrected chi connectivity index (χ2v) is 4.72. The van der Waals surface area contributed by atoms with Crippen molar-refractivity contribution >= 4 is 0 Å². The van der Waals surface area contributed by atoms with Crippen LogP contribution in [-0.2, 0) is 0 Å². The lowest BCUT2D eigenvalue weighted by atomic mass is 9.68. The molecule has 0 heterocycles. The number of hydrogen-bond donors (Lipinski definition) is 2. The Morgan fingerprint density at radius 1 is 1.29 bits per heavy atom. The first-order valence-corrected chi connectivity index (χ1v) is 6.10. The van der Waals surface area contributed by atoms with Crippen LogP contribution in [0.1, 0.15) is 52.4 Å². The van der Waals surface area contributed by atoms with E-state index in [2.05, 4.69) is 6.92 Å². The van der Waals surface area contributed by atoms with Crippen molar-refractivity contribution in [3.8, 4) is 0 Å². The Morgan fingerprint density at radius 3 is 2.43 bits per heavy atom. The van der Waals surface area contributed by atoms with Gasteiger partial charge in [-0.1, -0.05) is 39.5 Å². The Labute approximate surface area is 87.9 Å². The zero-order valence-electron chi connectivity index (χ0n) is 9.63. The average Bonchev–Trinajstić information content (AvgIpc) is 2.28. The zero-order chi connectivity index (χ0) is 10.6. The van der Waals surface area contributed by atoms with Gasteiger partial charge in [0.1, 0.15) is 0 Å². The minimum Gasteiger partial charge on any atom is -0.388 e. The van der Waals surface area contributed by atoms with Crippen molar-refractivity contribution < 1.29 is 5.11 Å². The van der Waals surface area contributed by atoms with Crippen molar-refractivity contribution in [2.24, 2.45) is 17.6 Å². The highest BCUT2D eigenvalue weighted by molar-refractivity contribution is 4.91. The molecule has 2 nitrogen and oxygen atoms in total. The molecule has 0 bridgehead atoms. The highest BCUT2D eigenvalue weighted by Crippen LogP contribution is 2.40. The van der Waals surface area contributed by atoms with Crippen LogP contribution in [0.25, 0.3) is 0 Å². The van der Waals surface area contributed by atoms with E-state index < -0.39 is 5.60 Å². The summed E-state index contributed by atoms with van der Waals surface area (Å²) in [5.74, 6) is 1.13. The smallest absolute Gasteiger partial charge is 0.0797 e. The molecule has 0 aromatic rings. The summed E-state index contributed by atoms with van der Waals surface area (Å²) in [6, 6.07) is 0. The SMILES string of the molecule is CCC1CCCCC1C(O)(CC)CN. The lowest BCUT2D eigenvalue weighted by molar-refractivity contribution is -0.0537. The maximum Gasteiger partial charge on any atom is 0.0797 e. The van der Waals surface area contributed by atoms with E-state index in [0.717, 1.165) is 6.42 Å². The molecule has 2 heteroatoms. The second-order valence-electron chi connectivity index (χ2n) is 4.72. The van der Waals surface area contributed by atoms with Gasteiger partial charge in [-0.3, -0.25) is 0 Å². The molecular weight excluding hydrogens is 174 g/mol. The van der Waals surface area contributed by atoms with Crippen molar-refractivity contribution in [1.29, 1.82) is 0 Å². The summed E-state index contributed by atoms with van der Waals surface area (Å²) >= 11 is 0. The van der Waals surface area contributed by atoms with Gasteiger partial charge < -0.3 is 10.8 Å². The Bertz CT molecular complexity index is 166. The van der Waals surface area contributed by atoms with Crippen LogP contribution in [-0.4, -0.2) is 17.3 Å². The summed E-state index contributed by atoms with van der Waals surface area (Å²) in [5.41, 5.74) is 5.12. The predicted octanol–water partition coefficient (Wildman–Crippen LogP) is 2.30. The molecule has 3 atom stereocenters. The molecule has 14 heavy (non-hydrogen) atoms. The Hall–Kier alpha value is -0.0800. The predicted molar refractivity (Wildman–Crippen MR) is 60.0 cm³/mol. The maximum absolute atomic E-state index is 10.4. The normalized spacial score (nSPS) is 32.6. The van der Waals surface area contributed by atoms with Crippen LogP contribution in [0.4, 0.5) is 0 Å². The standard InChI is InChI=1S/C12H25NO/c1-3-10-7-5-6-8-11(10)12(14,4-2)9-13/h10-11,14H,3-9,13H2,1-2H3. The molecule has 0 aromatic heterocycles. The molecule has 1 fully saturated rings. The Morgan fingerprint density at radius 2 is 1.93 bits per heavy atom. The molecule has 0 radical (unpaired) electrons. The molecule has 3 N–H and O–H groups in total. The van der Waals surface area contributed by atoms with Crippen molar-refractivity contribution in [1.82, 2.24) is 0 Å². The second kappa shape index (κ2) is 5.13. The Kier molecular flexibility index (Phi) is 4.39. The number of nitrogens with two attached hydrogens (primary N) is 1. The van der Waals surface area contributed by atoms with Crippen LogP contribution in [0.2, 0.25) is 0 Å². The fourth-order valence-corrected chi connectivity index (χ4v) is 2.96. The van der Waals surface area contributed by atoms with Gasteiger partial charge in [-0.2, -0.15) is 0 Å². The summed E-state index contributed by atoms with van der Waals surface area (Å²) < 4.78 is 0. The molecule has 1 saturated carbocycles. The number of aliphatic hydroxyl groups is 1. The van der Waals surface area contributed by atoms with Crippen LogP contribution < -0.4 is 5.73 Å². The maximum atomic E-state index is 10.4. The summed E-state index contributed by atoms with van der Waals surface area (Å²) in [6.45, 7) is 4.70. The van der Waals surface area contributed by atoms with Gasteiger partial charge in [0.25, 0.3) is 0 Å². The number of rotatable bonds is 4. The lowest BCUT2D eigenvalue weighted by Gasteiger charge is -2.42. The van der Waals surface area contributed by atoms with E-state index in [-0.39, 0.29) is 0 Å². The molecule has 0 spiro atoms. The third-order valence-corrected chi connectivity index (χ3v) is 4.09. The summed E-state index contributed by atoms with van der Waals surface area (Å²) in [5, 5.41) is 10.4. The third kappa shape index (κ3) is 2.29. The molecule has 0 amide bonds. The first-order chi connectivity index (χ1) is 6.68. The van der Waals surface area contributed by atoms with E-state index in [1.54, 1.807) is 0 Å². The third-order valence-electron chi connectivity index (χ3n) is 4.09. The largest absolute Gasteiger partial charge is 0.388 e. The Balaban J connectivity index is 2.70. The van der Waals surface area contributed by atoms with Crippen molar-refractivity contribution in [3.05, 3.63) is 0 Å². The molecule has 0 aromatic carbocycles. The highest BCUT2D eigenvalue weighted by atomic mass is 16.3. The fourth-order valence-electron chi connectivity index (χ4n) is 2.96. The summed E-state index contributed by atoms with van der Waals surface area (Å²) in [7, 11) is 0. The minimum atomic E-state index is -0.596. The highest BCUT2D eigenvalue weighted by Gasteiger charge is 2.39. The van der Waals surface area contributed by atoms with Crippen molar-refractivity contribution in [2.75, 3.05) is 6.54 Å². The monoisotopic (exact) mass is 199 g/mol. The molecule has 1 aliphatic rings. The lowest BCUT2D eigenvalue weighted by Crippen LogP contribution is -2.48. The molecule has 3 unspecified atom stereocenters. The van der Waals surface area contributed by atoms with E-state index in [9.17, 15) is 5.11 Å². The van der Waals surface area contributed by atoms with Gasteiger partial charge in [-0.25, -0.2) is 0 Å². The molecule has 84 valence electrons. The van der Waals surface area contributed by atoms with E-state index in [1.807, 2.05) is 6.92 Å². The van der Waals surface area contributed by atoms with E-state index >= 15 is 0 Å². The molecule has 0 aliphatic heterocycles. The quantitative estimate of drug-likeness (QED) is 0.730. The van der Waals surface area contributed by atoms with Crippen LogP contribution in [0.15, 0.2) is 0 Å². The summed E-state index contributed by atoms with van der Waals surface area (Å²) in [4.78, 5) is 0. The first-order valence-electron chi connectivity index (χ1n) is 6.10. The van der Waals surface area contributed by atoms with Crippen molar-refractivity contribution in [3.63, 3.8) is 0 Å². The average molecular weight is 199 g/mol. The van der Waals surface area contributed by atoms with E-state index in [4.69, 9.17) is 5.73 Å². The number of hydrogen-bond acceptors (Lipinski definition) is 2. The van der Waals surface area contributed by atoms with Gasteiger partial charge in [0.15, 0.2) is 0 Å². The van der Waals surface area contributed by atoms with Gasteiger partial charge in [0.05, 0.1) is 5.60 Å². The molecule has 1 aliphatic carbocycles. The topological polar surface area (TPSA) is 46.2 Å². The molecule has 0 saturated heterocycles. The van der Waals surface area contributed by atoms with Gasteiger partial charge in [0.2, 0.25) is 0 Å². The van der Waals surface area contributed by atoms with Crippen LogP contribution in [0.3, 0.4) is 0 Å². The van der Waals surface area contributed by atoms with Gasteiger partial charge >= 0.3 is 0 Å². The van der Waals surface area contributed by atoms with E-state index in [0.29, 0.717) is 18.4 Å².